The molecule has 1 aromatic carbocycles. The van der Waals surface area contributed by atoms with Crippen molar-refractivity contribution < 1.29 is 4.74 Å². The summed E-state index contributed by atoms with van der Waals surface area (Å²) in [6, 6.07) is 10.8. The molecule has 1 aromatic rings. The maximum absolute atomic E-state index is 5.30. The molecule has 4 nitrogen and oxygen atoms in total. The van der Waals surface area contributed by atoms with Crippen molar-refractivity contribution in [1.82, 2.24) is 10.6 Å². The molecule has 0 amide bonds. The summed E-state index contributed by atoms with van der Waals surface area (Å²) in [7, 11) is 0. The van der Waals surface area contributed by atoms with Crippen molar-refractivity contribution in [2.24, 2.45) is 10.4 Å². The summed E-state index contributed by atoms with van der Waals surface area (Å²) in [4.78, 5) is 4.75. The molecule has 0 atom stereocenters. The zero-order valence-corrected chi connectivity index (χ0v) is 13.7. The van der Waals surface area contributed by atoms with E-state index in [1.165, 1.54) is 18.4 Å². The minimum Gasteiger partial charge on any atom is -0.380 e. The van der Waals surface area contributed by atoms with Gasteiger partial charge < -0.3 is 15.4 Å². The highest BCUT2D eigenvalue weighted by Crippen LogP contribution is 2.47. The van der Waals surface area contributed by atoms with Crippen LogP contribution in [0.4, 0.5) is 0 Å². The van der Waals surface area contributed by atoms with Crippen LogP contribution in [-0.4, -0.2) is 38.8 Å². The van der Waals surface area contributed by atoms with Gasteiger partial charge in [0.05, 0.1) is 19.8 Å². The maximum Gasteiger partial charge on any atom is 0.191 e. The Morgan fingerprint density at radius 3 is 2.45 bits per heavy atom. The number of ether oxygens (including phenoxy) is 1. The predicted octanol–water partition coefficient (Wildman–Crippen LogP) is 2.31. The lowest BCUT2D eigenvalue weighted by atomic mass is 9.89. The van der Waals surface area contributed by atoms with Crippen LogP contribution in [-0.2, 0) is 10.2 Å². The molecule has 1 saturated heterocycles. The first-order chi connectivity index (χ1) is 10.7. The largest absolute Gasteiger partial charge is 0.380 e. The van der Waals surface area contributed by atoms with Crippen LogP contribution in [0.1, 0.15) is 32.3 Å². The second-order valence-corrected chi connectivity index (χ2v) is 7.00. The molecule has 1 aliphatic heterocycles. The van der Waals surface area contributed by atoms with E-state index in [1.807, 2.05) is 0 Å². The Hall–Kier alpha value is -1.55. The minimum absolute atomic E-state index is 0.221. The van der Waals surface area contributed by atoms with Crippen molar-refractivity contribution in [3.8, 4) is 0 Å². The molecule has 0 radical (unpaired) electrons. The molecule has 1 aliphatic carbocycles. The molecule has 4 heteroatoms. The molecule has 22 heavy (non-hydrogen) atoms. The fraction of sp³-hybridized carbons (Fsp3) is 0.611. The zero-order chi connectivity index (χ0) is 15.5. The first kappa shape index (κ1) is 15.3. The monoisotopic (exact) mass is 301 g/mol. The number of benzene rings is 1. The Morgan fingerprint density at radius 2 is 1.91 bits per heavy atom. The summed E-state index contributed by atoms with van der Waals surface area (Å²) < 4.78 is 5.30. The highest BCUT2D eigenvalue weighted by Gasteiger charge is 2.44. The second kappa shape index (κ2) is 6.29. The van der Waals surface area contributed by atoms with E-state index in [9.17, 15) is 0 Å². The Kier molecular flexibility index (Phi) is 4.39. The number of guanidine groups is 1. The van der Waals surface area contributed by atoms with Gasteiger partial charge in [0.25, 0.3) is 0 Å². The van der Waals surface area contributed by atoms with Gasteiger partial charge in [-0.2, -0.15) is 0 Å². The van der Waals surface area contributed by atoms with Crippen LogP contribution in [0.2, 0.25) is 0 Å². The van der Waals surface area contributed by atoms with Crippen molar-refractivity contribution in [1.29, 1.82) is 0 Å². The van der Waals surface area contributed by atoms with Gasteiger partial charge in [-0.25, -0.2) is 0 Å². The van der Waals surface area contributed by atoms with E-state index in [1.54, 1.807) is 0 Å². The number of hydrogen-bond acceptors (Lipinski definition) is 2. The lowest BCUT2D eigenvalue weighted by Crippen LogP contribution is -2.45. The number of hydrogen-bond donors (Lipinski definition) is 2. The maximum atomic E-state index is 5.30. The van der Waals surface area contributed by atoms with Crippen LogP contribution in [0.5, 0.6) is 0 Å². The molecule has 1 saturated carbocycles. The summed E-state index contributed by atoms with van der Waals surface area (Å²) >= 11 is 0. The van der Waals surface area contributed by atoms with Gasteiger partial charge in [0.2, 0.25) is 0 Å². The molecule has 0 unspecified atom stereocenters. The first-order valence-electron chi connectivity index (χ1n) is 8.31. The van der Waals surface area contributed by atoms with Crippen molar-refractivity contribution in [3.05, 3.63) is 35.9 Å². The van der Waals surface area contributed by atoms with E-state index >= 15 is 0 Å². The average Bonchev–Trinajstić information content (AvgIpc) is 3.30. The normalized spacial score (nSPS) is 21.8. The van der Waals surface area contributed by atoms with Gasteiger partial charge in [0.15, 0.2) is 5.96 Å². The molecule has 2 aliphatic rings. The summed E-state index contributed by atoms with van der Waals surface area (Å²) in [6.45, 7) is 8.65. The lowest BCUT2D eigenvalue weighted by molar-refractivity contribution is -0.0945. The SMILES string of the molecule is CCNC(=NCC1(C)COC1)NCC1(c2ccccc2)CC1. The van der Waals surface area contributed by atoms with Crippen LogP contribution in [0, 0.1) is 5.41 Å². The zero-order valence-electron chi connectivity index (χ0n) is 13.7. The molecule has 1 heterocycles. The van der Waals surface area contributed by atoms with Crippen molar-refractivity contribution in [2.45, 2.75) is 32.1 Å². The fourth-order valence-electron chi connectivity index (χ4n) is 2.92. The van der Waals surface area contributed by atoms with Gasteiger partial charge in [-0.1, -0.05) is 37.3 Å². The standard InChI is InChI=1S/C18H27N3O/c1-3-19-16(20-11-17(2)13-22-14-17)21-12-18(9-10-18)15-7-5-4-6-8-15/h4-8H,3,9-14H2,1-2H3,(H2,19,20,21). The summed E-state index contributed by atoms with van der Waals surface area (Å²) in [5.41, 5.74) is 1.97. The second-order valence-electron chi connectivity index (χ2n) is 7.00. The van der Waals surface area contributed by atoms with E-state index in [4.69, 9.17) is 9.73 Å². The van der Waals surface area contributed by atoms with Gasteiger partial charge >= 0.3 is 0 Å². The highest BCUT2D eigenvalue weighted by atomic mass is 16.5. The lowest BCUT2D eigenvalue weighted by Gasteiger charge is -2.36. The van der Waals surface area contributed by atoms with Gasteiger partial charge in [0, 0.05) is 23.9 Å². The number of aliphatic imine (C=N–C) groups is 1. The van der Waals surface area contributed by atoms with Gasteiger partial charge in [-0.3, -0.25) is 4.99 Å². The van der Waals surface area contributed by atoms with Gasteiger partial charge in [-0.15, -0.1) is 0 Å². The molecular formula is C18H27N3O. The number of rotatable bonds is 6. The van der Waals surface area contributed by atoms with Crippen LogP contribution in [0.3, 0.4) is 0 Å². The smallest absolute Gasteiger partial charge is 0.191 e. The van der Waals surface area contributed by atoms with Crippen LogP contribution in [0.15, 0.2) is 35.3 Å². The summed E-state index contributed by atoms with van der Waals surface area (Å²) in [5, 5.41) is 6.89. The van der Waals surface area contributed by atoms with E-state index in [0.717, 1.165) is 38.8 Å². The average molecular weight is 301 g/mol. The van der Waals surface area contributed by atoms with E-state index in [0.29, 0.717) is 5.41 Å². The van der Waals surface area contributed by atoms with E-state index in [-0.39, 0.29) is 5.41 Å². The molecule has 0 bridgehead atoms. The molecule has 3 rings (SSSR count). The first-order valence-corrected chi connectivity index (χ1v) is 8.31. The Bertz CT molecular complexity index is 518. The third-order valence-corrected chi connectivity index (χ3v) is 4.70. The molecule has 0 aromatic heterocycles. The van der Waals surface area contributed by atoms with Crippen molar-refractivity contribution in [3.63, 3.8) is 0 Å². The fourth-order valence-corrected chi connectivity index (χ4v) is 2.92. The number of nitrogens with zero attached hydrogens (tertiary/aromatic N) is 1. The molecular weight excluding hydrogens is 274 g/mol. The molecule has 2 N–H and O–H groups in total. The van der Waals surface area contributed by atoms with Crippen LogP contribution >= 0.6 is 0 Å². The number of nitrogens with one attached hydrogen (secondary N) is 2. The summed E-state index contributed by atoms with van der Waals surface area (Å²) in [5.74, 6) is 0.929. The Morgan fingerprint density at radius 1 is 1.18 bits per heavy atom. The summed E-state index contributed by atoms with van der Waals surface area (Å²) in [6.07, 6.45) is 2.52. The highest BCUT2D eigenvalue weighted by molar-refractivity contribution is 5.80. The third-order valence-electron chi connectivity index (χ3n) is 4.70. The van der Waals surface area contributed by atoms with Crippen molar-refractivity contribution in [2.75, 3.05) is 32.8 Å². The van der Waals surface area contributed by atoms with Crippen LogP contribution in [0.25, 0.3) is 0 Å². The topological polar surface area (TPSA) is 45.7 Å². The minimum atomic E-state index is 0.221. The Balaban J connectivity index is 1.58. The van der Waals surface area contributed by atoms with E-state index < -0.39 is 0 Å². The van der Waals surface area contributed by atoms with Gasteiger partial charge in [-0.05, 0) is 25.3 Å². The molecule has 120 valence electrons. The molecule has 0 spiro atoms. The van der Waals surface area contributed by atoms with E-state index in [2.05, 4.69) is 54.8 Å². The van der Waals surface area contributed by atoms with Crippen molar-refractivity contribution >= 4 is 5.96 Å². The molecule has 2 fully saturated rings. The Labute approximate surface area is 133 Å². The quantitative estimate of drug-likeness (QED) is 0.626. The predicted molar refractivity (Wildman–Crippen MR) is 90.3 cm³/mol. The van der Waals surface area contributed by atoms with Gasteiger partial charge in [0.1, 0.15) is 0 Å². The van der Waals surface area contributed by atoms with Crippen LogP contribution < -0.4 is 10.6 Å². The third kappa shape index (κ3) is 3.43.